The zero-order chi connectivity index (χ0) is 14.8. The van der Waals surface area contributed by atoms with E-state index in [0.717, 1.165) is 15.6 Å². The van der Waals surface area contributed by atoms with Gasteiger partial charge in [0.05, 0.1) is 10.6 Å². The number of anilines is 1. The van der Waals surface area contributed by atoms with Crippen molar-refractivity contribution >= 4 is 47.6 Å². The number of nitrogens with one attached hydrogen (secondary N) is 1. The fourth-order valence-corrected chi connectivity index (χ4v) is 3.79. The van der Waals surface area contributed by atoms with Crippen molar-refractivity contribution in [2.75, 3.05) is 4.72 Å². The molecule has 2 aromatic carbocycles. The summed E-state index contributed by atoms with van der Waals surface area (Å²) in [4.78, 5) is 0.250. The van der Waals surface area contributed by atoms with E-state index in [1.165, 1.54) is 0 Å². The second kappa shape index (κ2) is 6.28. The molecule has 20 heavy (non-hydrogen) atoms. The molecule has 1 N–H and O–H groups in total. The first kappa shape index (κ1) is 15.5. The van der Waals surface area contributed by atoms with Crippen molar-refractivity contribution < 1.29 is 8.42 Å². The van der Waals surface area contributed by atoms with Crippen molar-refractivity contribution in [1.82, 2.24) is 0 Å². The normalized spacial score (nSPS) is 11.3. The minimum atomic E-state index is -3.56. The highest BCUT2D eigenvalue weighted by Gasteiger charge is 2.14. The molecule has 3 nitrogen and oxygen atoms in total. The van der Waals surface area contributed by atoms with Gasteiger partial charge in [0, 0.05) is 9.80 Å². The molecule has 2 aromatic rings. The molecule has 2 rings (SSSR count). The number of hydrogen-bond acceptors (Lipinski definition) is 2. The number of aryl methyl sites for hydroxylation is 1. The number of alkyl halides is 1. The molecule has 0 fully saturated rings. The summed E-state index contributed by atoms with van der Waals surface area (Å²) in [6, 6.07) is 12.2. The highest BCUT2D eigenvalue weighted by Crippen LogP contribution is 2.22. The van der Waals surface area contributed by atoms with E-state index in [1.807, 2.05) is 13.0 Å². The largest absolute Gasteiger partial charge is 0.280 e. The van der Waals surface area contributed by atoms with Crippen LogP contribution in [0.15, 0.2) is 51.8 Å². The van der Waals surface area contributed by atoms with E-state index < -0.39 is 10.0 Å². The molecule has 0 unspecified atom stereocenters. The van der Waals surface area contributed by atoms with Gasteiger partial charge in [-0.1, -0.05) is 44.0 Å². The fourth-order valence-electron chi connectivity index (χ4n) is 1.77. The third-order valence-corrected chi connectivity index (χ3v) is 5.18. The first-order valence-electron chi connectivity index (χ1n) is 5.85. The zero-order valence-electron chi connectivity index (χ0n) is 10.7. The highest BCUT2D eigenvalue weighted by atomic mass is 79.9. The van der Waals surface area contributed by atoms with Gasteiger partial charge in [0.2, 0.25) is 0 Å². The third kappa shape index (κ3) is 3.84. The molecule has 0 heterocycles. The van der Waals surface area contributed by atoms with Crippen LogP contribution in [0.4, 0.5) is 5.69 Å². The molecule has 0 aliphatic heterocycles. The Bertz CT molecular complexity index is 692. The molecule has 0 aliphatic carbocycles. The lowest BCUT2D eigenvalue weighted by Gasteiger charge is -2.09. The first-order chi connectivity index (χ1) is 9.40. The number of benzene rings is 2. The maximum atomic E-state index is 12.3. The molecule has 6 heteroatoms. The molecular weight excluding hydrogens is 406 g/mol. The van der Waals surface area contributed by atoms with Crippen LogP contribution in [0.25, 0.3) is 0 Å². The molecule has 0 saturated heterocycles. The van der Waals surface area contributed by atoms with Gasteiger partial charge in [-0.25, -0.2) is 8.42 Å². The van der Waals surface area contributed by atoms with Crippen LogP contribution in [0.3, 0.4) is 0 Å². The topological polar surface area (TPSA) is 46.2 Å². The van der Waals surface area contributed by atoms with Gasteiger partial charge in [-0.15, -0.1) is 0 Å². The van der Waals surface area contributed by atoms with Crippen molar-refractivity contribution in [3.8, 4) is 0 Å². The Morgan fingerprint density at radius 2 is 1.75 bits per heavy atom. The van der Waals surface area contributed by atoms with E-state index in [0.29, 0.717) is 11.0 Å². The van der Waals surface area contributed by atoms with E-state index in [2.05, 4.69) is 36.6 Å². The van der Waals surface area contributed by atoms with Crippen molar-refractivity contribution in [3.63, 3.8) is 0 Å². The monoisotopic (exact) mass is 417 g/mol. The first-order valence-corrected chi connectivity index (χ1v) is 9.25. The molecule has 0 saturated carbocycles. The summed E-state index contributed by atoms with van der Waals surface area (Å²) in [7, 11) is -3.56. The summed E-state index contributed by atoms with van der Waals surface area (Å²) in [5, 5.41) is 0.700. The summed E-state index contributed by atoms with van der Waals surface area (Å²) in [6.07, 6.45) is 0. The maximum Gasteiger partial charge on any atom is 0.261 e. The molecular formula is C14H13Br2NO2S. The van der Waals surface area contributed by atoms with Gasteiger partial charge in [-0.2, -0.15) is 0 Å². The second-order valence-electron chi connectivity index (χ2n) is 4.40. The Morgan fingerprint density at radius 1 is 1.10 bits per heavy atom. The molecule has 0 spiro atoms. The molecule has 0 aliphatic rings. The minimum absolute atomic E-state index is 0.250. The van der Waals surface area contributed by atoms with Crippen LogP contribution in [0.1, 0.15) is 11.1 Å². The molecule has 0 atom stereocenters. The van der Waals surface area contributed by atoms with Crippen molar-refractivity contribution in [2.45, 2.75) is 17.1 Å². The van der Waals surface area contributed by atoms with Crippen LogP contribution in [0.2, 0.25) is 0 Å². The third-order valence-electron chi connectivity index (χ3n) is 2.68. The average Bonchev–Trinajstić information content (AvgIpc) is 2.37. The van der Waals surface area contributed by atoms with Gasteiger partial charge in [0.1, 0.15) is 0 Å². The summed E-state index contributed by atoms with van der Waals surface area (Å²) in [6.45, 7) is 1.91. The van der Waals surface area contributed by atoms with Gasteiger partial charge < -0.3 is 0 Å². The van der Waals surface area contributed by atoms with E-state index in [9.17, 15) is 8.42 Å². The lowest BCUT2D eigenvalue weighted by molar-refractivity contribution is 0.601. The predicted octanol–water partition coefficient (Wildman–Crippen LogP) is 4.45. The van der Waals surface area contributed by atoms with Crippen molar-refractivity contribution in [1.29, 1.82) is 0 Å². The molecule has 106 valence electrons. The predicted molar refractivity (Wildman–Crippen MR) is 88.8 cm³/mol. The maximum absolute atomic E-state index is 12.3. The lowest BCUT2D eigenvalue weighted by atomic mass is 10.2. The molecule has 0 bridgehead atoms. The fraction of sp³-hybridized carbons (Fsp3) is 0.143. The summed E-state index contributed by atoms with van der Waals surface area (Å²) in [5.41, 5.74) is 2.55. The van der Waals surface area contributed by atoms with Crippen molar-refractivity contribution in [3.05, 3.63) is 58.1 Å². The van der Waals surface area contributed by atoms with Gasteiger partial charge in [0.15, 0.2) is 0 Å². The highest BCUT2D eigenvalue weighted by molar-refractivity contribution is 9.10. The van der Waals surface area contributed by atoms with Crippen LogP contribution in [0, 0.1) is 6.92 Å². The quantitative estimate of drug-likeness (QED) is 0.745. The Labute approximate surface area is 135 Å². The second-order valence-corrected chi connectivity index (χ2v) is 7.56. The Morgan fingerprint density at radius 3 is 2.30 bits per heavy atom. The number of halogens is 2. The van der Waals surface area contributed by atoms with Crippen LogP contribution >= 0.6 is 31.9 Å². The van der Waals surface area contributed by atoms with E-state index >= 15 is 0 Å². The Hall–Kier alpha value is -0.850. The Balaban J connectivity index is 2.30. The van der Waals surface area contributed by atoms with E-state index in [-0.39, 0.29) is 4.90 Å². The van der Waals surface area contributed by atoms with Gasteiger partial charge >= 0.3 is 0 Å². The zero-order valence-corrected chi connectivity index (χ0v) is 14.7. The number of sulfonamides is 1. The smallest absolute Gasteiger partial charge is 0.261 e. The number of hydrogen-bond donors (Lipinski definition) is 1. The SMILES string of the molecule is Cc1cc(Br)cc(NS(=O)(=O)c2ccc(CBr)cc2)c1. The van der Waals surface area contributed by atoms with Gasteiger partial charge in [-0.05, 0) is 48.4 Å². The average molecular weight is 419 g/mol. The van der Waals surface area contributed by atoms with Crippen LogP contribution in [0.5, 0.6) is 0 Å². The lowest BCUT2D eigenvalue weighted by Crippen LogP contribution is -2.13. The van der Waals surface area contributed by atoms with Crippen LogP contribution < -0.4 is 4.72 Å². The molecule has 0 aromatic heterocycles. The van der Waals surface area contributed by atoms with E-state index in [1.54, 1.807) is 36.4 Å². The van der Waals surface area contributed by atoms with Gasteiger partial charge in [-0.3, -0.25) is 4.72 Å². The minimum Gasteiger partial charge on any atom is -0.280 e. The van der Waals surface area contributed by atoms with E-state index in [4.69, 9.17) is 0 Å². The summed E-state index contributed by atoms with van der Waals surface area (Å²) < 4.78 is 28.0. The standard InChI is InChI=1S/C14H13Br2NO2S/c1-10-6-12(16)8-13(7-10)17-20(18,19)14-4-2-11(9-15)3-5-14/h2-8,17H,9H2,1H3. The molecule has 0 radical (unpaired) electrons. The molecule has 0 amide bonds. The van der Waals surface area contributed by atoms with Crippen LogP contribution in [-0.2, 0) is 15.4 Å². The number of rotatable bonds is 4. The Kier molecular flexibility index (Phi) is 4.88. The van der Waals surface area contributed by atoms with Crippen LogP contribution in [-0.4, -0.2) is 8.42 Å². The summed E-state index contributed by atoms with van der Waals surface area (Å²) in [5.74, 6) is 0. The summed E-state index contributed by atoms with van der Waals surface area (Å²) >= 11 is 6.69. The van der Waals surface area contributed by atoms with Crippen molar-refractivity contribution in [2.24, 2.45) is 0 Å². The van der Waals surface area contributed by atoms with Gasteiger partial charge in [0.25, 0.3) is 10.0 Å².